The molecule has 13 heteroatoms. The minimum atomic E-state index is -4.62. The van der Waals surface area contributed by atoms with Crippen LogP contribution >= 0.6 is 11.6 Å². The van der Waals surface area contributed by atoms with Crippen LogP contribution in [0.2, 0.25) is 5.02 Å². The van der Waals surface area contributed by atoms with Crippen molar-refractivity contribution in [3.8, 4) is 17.6 Å². The minimum absolute atomic E-state index is 0.147. The number of likely N-dealkylation sites (tertiary alicyclic amines) is 1. The van der Waals surface area contributed by atoms with E-state index in [0.717, 1.165) is 18.2 Å². The highest BCUT2D eigenvalue weighted by atomic mass is 35.5. The second kappa shape index (κ2) is 11.7. The highest BCUT2D eigenvalue weighted by Crippen LogP contribution is 2.35. The lowest BCUT2D eigenvalue weighted by molar-refractivity contribution is -0.386. The molecule has 2 aromatic rings. The van der Waals surface area contributed by atoms with Gasteiger partial charge >= 0.3 is 17.5 Å². The van der Waals surface area contributed by atoms with E-state index in [2.05, 4.69) is 0 Å². The molecule has 2 aromatic carbocycles. The van der Waals surface area contributed by atoms with Crippen LogP contribution in [0.3, 0.4) is 0 Å². The molecule has 1 fully saturated rings. The van der Waals surface area contributed by atoms with Gasteiger partial charge in [-0.25, -0.2) is 0 Å². The summed E-state index contributed by atoms with van der Waals surface area (Å²) >= 11 is 5.87. The van der Waals surface area contributed by atoms with Gasteiger partial charge in [0.15, 0.2) is 5.75 Å². The van der Waals surface area contributed by atoms with Crippen LogP contribution in [0.15, 0.2) is 42.5 Å². The molecule has 0 N–H and O–H groups in total. The Hall–Kier alpha value is -3.85. The molecule has 0 bridgehead atoms. The number of nitrogens with zero attached hydrogens (tertiary/aromatic N) is 3. The number of carbonyl (C=O) groups is 2. The van der Waals surface area contributed by atoms with Crippen molar-refractivity contribution in [2.24, 2.45) is 5.92 Å². The average molecular weight is 554 g/mol. The summed E-state index contributed by atoms with van der Waals surface area (Å²) in [5, 5.41) is 21.2. The Morgan fingerprint density at radius 1 is 1.18 bits per heavy atom. The number of amides is 1. The normalized spacial score (nSPS) is 15.7. The van der Waals surface area contributed by atoms with Crippen LogP contribution in [0, 0.1) is 27.4 Å². The van der Waals surface area contributed by atoms with Crippen molar-refractivity contribution in [2.45, 2.75) is 38.0 Å². The third-order valence-electron chi connectivity index (χ3n) is 6.09. The maximum Gasteiger partial charge on any atom is 0.416 e. The summed E-state index contributed by atoms with van der Waals surface area (Å²) in [7, 11) is 0. The molecular formula is C25H23ClF3N3O6. The highest BCUT2D eigenvalue weighted by Gasteiger charge is 2.52. The van der Waals surface area contributed by atoms with Crippen LogP contribution in [-0.4, -0.2) is 46.8 Å². The van der Waals surface area contributed by atoms with E-state index in [1.54, 1.807) is 6.07 Å². The van der Waals surface area contributed by atoms with E-state index in [4.69, 9.17) is 21.1 Å². The largest absolute Gasteiger partial charge is 0.492 e. The molecule has 0 aromatic heterocycles. The number of hydrogen-bond donors (Lipinski definition) is 0. The number of hydrogen-bond acceptors (Lipinski definition) is 7. The van der Waals surface area contributed by atoms with Crippen LogP contribution in [0.5, 0.6) is 11.5 Å². The molecule has 1 unspecified atom stereocenters. The fourth-order valence-electron chi connectivity index (χ4n) is 3.87. The first kappa shape index (κ1) is 28.7. The van der Waals surface area contributed by atoms with Gasteiger partial charge in [-0.05, 0) is 43.0 Å². The Morgan fingerprint density at radius 2 is 1.84 bits per heavy atom. The minimum Gasteiger partial charge on any atom is -0.492 e. The third-order valence-corrected chi connectivity index (χ3v) is 6.39. The van der Waals surface area contributed by atoms with E-state index in [-0.39, 0.29) is 23.9 Å². The smallest absolute Gasteiger partial charge is 0.416 e. The lowest BCUT2D eigenvalue weighted by atomic mass is 9.92. The Balaban J connectivity index is 1.86. The van der Waals surface area contributed by atoms with Gasteiger partial charge in [0.2, 0.25) is 5.78 Å². The number of rotatable bonds is 9. The van der Waals surface area contributed by atoms with Crippen molar-refractivity contribution in [3.63, 3.8) is 0 Å². The molecular weight excluding hydrogens is 531 g/mol. The van der Waals surface area contributed by atoms with Gasteiger partial charge in [0, 0.05) is 25.6 Å². The maximum absolute atomic E-state index is 13.5. The SMILES string of the molecule is CC1CCN(C(=O)C(C#N)(Oc2ccccc2[N+](=O)[O-])C(=O)CCOc2ccc(C(F)(F)F)cc2Cl)CC1. The number of para-hydroxylation sites is 2. The van der Waals surface area contributed by atoms with Crippen LogP contribution in [0.25, 0.3) is 0 Å². The summed E-state index contributed by atoms with van der Waals surface area (Å²) < 4.78 is 49.5. The first-order chi connectivity index (χ1) is 17.9. The van der Waals surface area contributed by atoms with E-state index >= 15 is 0 Å². The van der Waals surface area contributed by atoms with E-state index in [1.807, 2.05) is 6.92 Å². The molecule has 1 heterocycles. The van der Waals surface area contributed by atoms with Crippen molar-refractivity contribution in [1.82, 2.24) is 4.90 Å². The predicted octanol–water partition coefficient (Wildman–Crippen LogP) is 5.20. The third kappa shape index (κ3) is 6.34. The molecule has 0 spiro atoms. The zero-order valence-corrected chi connectivity index (χ0v) is 20.9. The maximum atomic E-state index is 13.5. The van der Waals surface area contributed by atoms with Crippen molar-refractivity contribution >= 4 is 29.0 Å². The van der Waals surface area contributed by atoms with Crippen LogP contribution in [0.1, 0.15) is 31.7 Å². The highest BCUT2D eigenvalue weighted by molar-refractivity contribution is 6.32. The second-order valence-corrected chi connectivity index (χ2v) is 9.17. The summed E-state index contributed by atoms with van der Waals surface area (Å²) in [4.78, 5) is 38.9. The zero-order chi connectivity index (χ0) is 28.1. The lowest BCUT2D eigenvalue weighted by Crippen LogP contribution is -2.58. The summed E-state index contributed by atoms with van der Waals surface area (Å²) in [6.07, 6.45) is -3.94. The van der Waals surface area contributed by atoms with E-state index in [1.165, 1.54) is 23.1 Å². The van der Waals surface area contributed by atoms with Gasteiger partial charge in [0.1, 0.15) is 11.8 Å². The van der Waals surface area contributed by atoms with Crippen LogP contribution in [0.4, 0.5) is 18.9 Å². The number of nitriles is 1. The number of halogens is 4. The second-order valence-electron chi connectivity index (χ2n) is 8.76. The van der Waals surface area contributed by atoms with Crippen molar-refractivity contribution in [1.29, 1.82) is 5.26 Å². The number of benzene rings is 2. The number of piperidine rings is 1. The standard InChI is InChI=1S/C25H23ClF3N3O6/c1-16-8-11-31(12-9-16)23(34)24(15-30,38-21-5-3-2-4-19(21)32(35)36)22(33)10-13-37-20-7-6-17(14-18(20)26)25(27,28)29/h2-7,14,16H,8-13H2,1H3. The van der Waals surface area contributed by atoms with Gasteiger partial charge < -0.3 is 14.4 Å². The predicted molar refractivity (Wildman–Crippen MR) is 129 cm³/mol. The number of alkyl halides is 3. The number of Topliss-reactive ketones (excluding diaryl/α,β-unsaturated/α-hetero) is 1. The zero-order valence-electron chi connectivity index (χ0n) is 20.2. The van der Waals surface area contributed by atoms with Gasteiger partial charge in [-0.3, -0.25) is 19.7 Å². The lowest BCUT2D eigenvalue weighted by Gasteiger charge is -2.35. The molecule has 202 valence electrons. The Labute approximate surface area is 220 Å². The summed E-state index contributed by atoms with van der Waals surface area (Å²) in [5.41, 5.74) is -4.29. The summed E-state index contributed by atoms with van der Waals surface area (Å²) in [5.74, 6) is -2.26. The molecule has 9 nitrogen and oxygen atoms in total. The fraction of sp³-hybridized carbons (Fsp3) is 0.400. The summed E-state index contributed by atoms with van der Waals surface area (Å²) in [6.45, 7) is 2.05. The van der Waals surface area contributed by atoms with E-state index in [0.29, 0.717) is 24.8 Å². The first-order valence-corrected chi connectivity index (χ1v) is 11.9. The number of ketones is 1. The van der Waals surface area contributed by atoms with Crippen molar-refractivity contribution < 1.29 is 37.2 Å². The van der Waals surface area contributed by atoms with Crippen molar-refractivity contribution in [3.05, 3.63) is 63.2 Å². The van der Waals surface area contributed by atoms with Gasteiger partial charge in [0.05, 0.1) is 22.1 Å². The van der Waals surface area contributed by atoms with Crippen LogP contribution < -0.4 is 9.47 Å². The van der Waals surface area contributed by atoms with Gasteiger partial charge in [-0.1, -0.05) is 30.7 Å². The number of nitro benzene ring substituents is 1. The number of ether oxygens (including phenoxy) is 2. The molecule has 1 aliphatic rings. The fourth-order valence-corrected chi connectivity index (χ4v) is 4.11. The van der Waals surface area contributed by atoms with Crippen molar-refractivity contribution in [2.75, 3.05) is 19.7 Å². The Morgan fingerprint density at radius 3 is 2.42 bits per heavy atom. The Kier molecular flexibility index (Phi) is 8.83. The van der Waals surface area contributed by atoms with E-state index < -0.39 is 58.4 Å². The molecule has 3 rings (SSSR count). The summed E-state index contributed by atoms with van der Waals surface area (Å²) in [6, 6.07) is 9.04. The molecule has 0 aliphatic carbocycles. The van der Waals surface area contributed by atoms with Gasteiger partial charge in [-0.15, -0.1) is 0 Å². The molecule has 0 radical (unpaired) electrons. The quantitative estimate of drug-likeness (QED) is 0.237. The number of carbonyl (C=O) groups excluding carboxylic acids is 2. The molecule has 1 saturated heterocycles. The van der Waals surface area contributed by atoms with Gasteiger partial charge in [-0.2, -0.15) is 18.4 Å². The van der Waals surface area contributed by atoms with Crippen LogP contribution in [-0.2, 0) is 15.8 Å². The molecule has 1 aliphatic heterocycles. The molecule has 1 atom stereocenters. The topological polar surface area (TPSA) is 123 Å². The molecule has 0 saturated carbocycles. The Bertz CT molecular complexity index is 1260. The molecule has 1 amide bonds. The average Bonchev–Trinajstić information content (AvgIpc) is 2.87. The van der Waals surface area contributed by atoms with Gasteiger partial charge in [0.25, 0.3) is 5.91 Å². The monoisotopic (exact) mass is 553 g/mol. The van der Waals surface area contributed by atoms with E-state index in [9.17, 15) is 38.1 Å². The first-order valence-electron chi connectivity index (χ1n) is 11.5. The number of nitro groups is 1. The molecule has 38 heavy (non-hydrogen) atoms.